The molecule has 1 N–H and O–H groups in total. The van der Waals surface area contributed by atoms with Gasteiger partial charge in [-0.25, -0.2) is 9.78 Å². The molecule has 0 saturated carbocycles. The summed E-state index contributed by atoms with van der Waals surface area (Å²) in [5.41, 5.74) is 1.93. The van der Waals surface area contributed by atoms with Gasteiger partial charge in [-0.15, -0.1) is 0 Å². The van der Waals surface area contributed by atoms with Gasteiger partial charge < -0.3 is 9.72 Å². The molecule has 25 heavy (non-hydrogen) atoms. The van der Waals surface area contributed by atoms with Crippen LogP contribution in [0.3, 0.4) is 0 Å². The summed E-state index contributed by atoms with van der Waals surface area (Å²) in [5, 5.41) is 0.175. The van der Waals surface area contributed by atoms with Crippen LogP contribution in [0.2, 0.25) is 10.2 Å². The van der Waals surface area contributed by atoms with E-state index in [1.54, 1.807) is 13.8 Å². The summed E-state index contributed by atoms with van der Waals surface area (Å²) in [6.07, 6.45) is 0.157. The van der Waals surface area contributed by atoms with Crippen LogP contribution in [0.15, 0.2) is 12.3 Å². The average Bonchev–Trinajstić information content (AvgIpc) is 2.83. The number of carbonyl (C=O) groups is 3. The zero-order chi connectivity index (χ0) is 18.9. The number of hydrogen-bond acceptors (Lipinski definition) is 5. The molecule has 0 bridgehead atoms. The molecule has 0 aliphatic rings. The van der Waals surface area contributed by atoms with Crippen molar-refractivity contribution >= 4 is 40.7 Å². The number of ketones is 2. The fourth-order valence-corrected chi connectivity index (χ4v) is 2.81. The van der Waals surface area contributed by atoms with Gasteiger partial charge in [0, 0.05) is 17.5 Å². The van der Waals surface area contributed by atoms with E-state index in [4.69, 9.17) is 27.9 Å². The average molecular weight is 383 g/mol. The fraction of sp³-hybridized carbons (Fsp3) is 0.294. The van der Waals surface area contributed by atoms with Crippen molar-refractivity contribution in [3.05, 3.63) is 50.5 Å². The number of nitrogens with one attached hydrogen (secondary N) is 1. The van der Waals surface area contributed by atoms with E-state index >= 15 is 0 Å². The number of ether oxygens (including phenoxy) is 1. The lowest BCUT2D eigenvalue weighted by Gasteiger charge is -2.12. The number of aryl methyl sites for hydroxylation is 1. The lowest BCUT2D eigenvalue weighted by Crippen LogP contribution is -2.25. The normalized spacial score (nSPS) is 11.9. The Morgan fingerprint density at radius 1 is 1.24 bits per heavy atom. The van der Waals surface area contributed by atoms with E-state index in [2.05, 4.69) is 9.97 Å². The summed E-state index contributed by atoms with van der Waals surface area (Å²) < 4.78 is 5.18. The first-order valence-corrected chi connectivity index (χ1v) is 8.15. The van der Waals surface area contributed by atoms with Crippen molar-refractivity contribution in [3.63, 3.8) is 0 Å². The molecule has 2 aromatic heterocycles. The second kappa shape index (κ2) is 7.37. The van der Waals surface area contributed by atoms with Gasteiger partial charge >= 0.3 is 5.97 Å². The summed E-state index contributed by atoms with van der Waals surface area (Å²) in [6, 6.07) is 1.31. The van der Waals surface area contributed by atoms with Gasteiger partial charge in [-0.05, 0) is 39.3 Å². The molecule has 132 valence electrons. The number of aromatic nitrogens is 2. The van der Waals surface area contributed by atoms with Crippen molar-refractivity contribution < 1.29 is 19.1 Å². The summed E-state index contributed by atoms with van der Waals surface area (Å²) in [6.45, 7) is 6.26. The number of hydrogen-bond donors (Lipinski definition) is 1. The molecule has 6 nitrogen and oxygen atoms in total. The maximum atomic E-state index is 12.6. The molecule has 0 unspecified atom stereocenters. The van der Waals surface area contributed by atoms with E-state index in [1.807, 2.05) is 0 Å². The second-order valence-corrected chi connectivity index (χ2v) is 6.35. The van der Waals surface area contributed by atoms with Crippen LogP contribution < -0.4 is 0 Å². The molecule has 2 aromatic rings. The lowest BCUT2D eigenvalue weighted by atomic mass is 10.0. The molecular weight excluding hydrogens is 367 g/mol. The largest absolute Gasteiger partial charge is 0.451 e. The minimum atomic E-state index is -1.06. The Morgan fingerprint density at radius 2 is 1.88 bits per heavy atom. The highest BCUT2D eigenvalue weighted by molar-refractivity contribution is 6.41. The molecule has 0 spiro atoms. The predicted octanol–water partition coefficient (Wildman–Crippen LogP) is 3.96. The van der Waals surface area contributed by atoms with E-state index in [0.717, 1.165) is 0 Å². The van der Waals surface area contributed by atoms with Crippen LogP contribution in [-0.4, -0.2) is 33.6 Å². The van der Waals surface area contributed by atoms with E-state index in [0.29, 0.717) is 16.8 Å². The standard InChI is InChI=1S/C17H16Cl2N2O4/c1-7-13(9(3)22)8(2)21-14(7)15(23)10(4)25-17(24)11-5-12(18)16(19)20-6-11/h5-6,10,21H,1-4H3/t10-/m0/s1. The van der Waals surface area contributed by atoms with Crippen molar-refractivity contribution in [2.45, 2.75) is 33.8 Å². The topological polar surface area (TPSA) is 89.1 Å². The third kappa shape index (κ3) is 3.91. The Bertz CT molecular complexity index is 874. The molecule has 0 aromatic carbocycles. The maximum absolute atomic E-state index is 12.6. The number of pyridine rings is 1. The summed E-state index contributed by atoms with van der Waals surface area (Å²) in [7, 11) is 0. The molecule has 1 atom stereocenters. The van der Waals surface area contributed by atoms with Gasteiger partial charge in [0.15, 0.2) is 11.9 Å². The Kier molecular flexibility index (Phi) is 5.65. The van der Waals surface area contributed by atoms with Gasteiger partial charge in [-0.3, -0.25) is 9.59 Å². The summed E-state index contributed by atoms with van der Waals surface area (Å²) in [4.78, 5) is 43.0. The molecule has 0 aliphatic heterocycles. The summed E-state index contributed by atoms with van der Waals surface area (Å²) >= 11 is 11.5. The van der Waals surface area contributed by atoms with Crippen molar-refractivity contribution in [2.75, 3.05) is 0 Å². The van der Waals surface area contributed by atoms with Crippen LogP contribution in [0, 0.1) is 13.8 Å². The first-order chi connectivity index (χ1) is 11.6. The minimum Gasteiger partial charge on any atom is -0.451 e. The second-order valence-electron chi connectivity index (χ2n) is 5.59. The quantitative estimate of drug-likeness (QED) is 0.480. The number of halogens is 2. The molecule has 0 saturated heterocycles. The Morgan fingerprint density at radius 3 is 2.40 bits per heavy atom. The van der Waals surface area contributed by atoms with Crippen LogP contribution in [0.5, 0.6) is 0 Å². The van der Waals surface area contributed by atoms with Crippen molar-refractivity contribution in [1.29, 1.82) is 0 Å². The van der Waals surface area contributed by atoms with Gasteiger partial charge in [0.2, 0.25) is 5.78 Å². The highest BCUT2D eigenvalue weighted by atomic mass is 35.5. The van der Waals surface area contributed by atoms with Gasteiger partial charge in [-0.2, -0.15) is 0 Å². The smallest absolute Gasteiger partial charge is 0.340 e. The van der Waals surface area contributed by atoms with Gasteiger partial charge in [0.25, 0.3) is 0 Å². The molecule has 8 heteroatoms. The number of aromatic amines is 1. The monoisotopic (exact) mass is 382 g/mol. The zero-order valence-corrected chi connectivity index (χ0v) is 15.6. The van der Waals surface area contributed by atoms with Crippen LogP contribution in [0.4, 0.5) is 0 Å². The fourth-order valence-electron chi connectivity index (χ4n) is 2.54. The van der Waals surface area contributed by atoms with Gasteiger partial charge in [-0.1, -0.05) is 23.2 Å². The van der Waals surface area contributed by atoms with Crippen LogP contribution in [0.1, 0.15) is 56.3 Å². The zero-order valence-electron chi connectivity index (χ0n) is 14.1. The highest BCUT2D eigenvalue weighted by Gasteiger charge is 2.26. The molecule has 0 fully saturated rings. The van der Waals surface area contributed by atoms with E-state index in [-0.39, 0.29) is 27.2 Å². The summed E-state index contributed by atoms with van der Waals surface area (Å²) in [5.74, 6) is -1.33. The van der Waals surface area contributed by atoms with Crippen molar-refractivity contribution in [3.8, 4) is 0 Å². The number of rotatable bonds is 5. The van der Waals surface area contributed by atoms with E-state index in [1.165, 1.54) is 26.1 Å². The van der Waals surface area contributed by atoms with Crippen LogP contribution in [0.25, 0.3) is 0 Å². The lowest BCUT2D eigenvalue weighted by molar-refractivity contribution is 0.0316. The van der Waals surface area contributed by atoms with Gasteiger partial charge in [0.1, 0.15) is 5.15 Å². The Hall–Kier alpha value is -2.18. The molecule has 2 heterocycles. The SMILES string of the molecule is CC(=O)c1c(C)[nH]c(C(=O)[C@H](C)OC(=O)c2cnc(Cl)c(Cl)c2)c1C. The molecule has 0 amide bonds. The Labute approximate surface area is 154 Å². The minimum absolute atomic E-state index is 0.0663. The molecule has 2 rings (SSSR count). The predicted molar refractivity (Wildman–Crippen MR) is 93.7 cm³/mol. The van der Waals surface area contributed by atoms with E-state index in [9.17, 15) is 14.4 Å². The van der Waals surface area contributed by atoms with Gasteiger partial charge in [0.05, 0.1) is 16.3 Å². The maximum Gasteiger partial charge on any atom is 0.340 e. The third-order valence-electron chi connectivity index (χ3n) is 3.72. The van der Waals surface area contributed by atoms with Crippen LogP contribution in [-0.2, 0) is 4.74 Å². The molecular formula is C17H16Cl2N2O4. The third-order valence-corrected chi connectivity index (χ3v) is 4.41. The number of H-pyrrole nitrogens is 1. The first-order valence-electron chi connectivity index (χ1n) is 7.39. The molecule has 0 aliphatic carbocycles. The van der Waals surface area contributed by atoms with Crippen LogP contribution >= 0.6 is 23.2 Å². The van der Waals surface area contributed by atoms with Crippen molar-refractivity contribution in [1.82, 2.24) is 9.97 Å². The van der Waals surface area contributed by atoms with Crippen molar-refractivity contribution in [2.24, 2.45) is 0 Å². The number of carbonyl (C=O) groups excluding carboxylic acids is 3. The molecule has 0 radical (unpaired) electrons. The number of Topliss-reactive ketones (excluding diaryl/α,β-unsaturated/α-hetero) is 2. The number of nitrogens with zero attached hydrogens (tertiary/aromatic N) is 1. The first kappa shape index (κ1) is 19.1. The Balaban J connectivity index is 2.20. The number of esters is 1. The van der Waals surface area contributed by atoms with E-state index < -0.39 is 17.9 Å². The highest BCUT2D eigenvalue weighted by Crippen LogP contribution is 2.22.